The number of ether oxygens (including phenoxy) is 1. The van der Waals surface area contributed by atoms with Crippen molar-refractivity contribution in [1.82, 2.24) is 15.0 Å². The van der Waals surface area contributed by atoms with E-state index in [9.17, 15) is 5.11 Å². The smallest absolute Gasteiger partial charge is 0.232 e. The summed E-state index contributed by atoms with van der Waals surface area (Å²) in [6, 6.07) is 0.400. The van der Waals surface area contributed by atoms with E-state index < -0.39 is 0 Å². The summed E-state index contributed by atoms with van der Waals surface area (Å²) in [7, 11) is 0. The maximum absolute atomic E-state index is 9.28. The Kier molecular flexibility index (Phi) is 4.35. The van der Waals surface area contributed by atoms with Crippen molar-refractivity contribution in [2.45, 2.75) is 25.3 Å². The number of aromatic nitrogens is 3. The Morgan fingerprint density at radius 1 is 1.24 bits per heavy atom. The maximum Gasteiger partial charge on any atom is 0.232 e. The molecule has 8 nitrogen and oxygen atoms in total. The Morgan fingerprint density at radius 3 is 2.62 bits per heavy atom. The third-order valence-corrected chi connectivity index (χ3v) is 4.04. The number of hydrogen-bond acceptors (Lipinski definition) is 8. The largest absolute Gasteiger partial charge is 0.395 e. The van der Waals surface area contributed by atoms with Crippen LogP contribution in [0.25, 0.3) is 0 Å². The second-order valence-corrected chi connectivity index (χ2v) is 5.39. The van der Waals surface area contributed by atoms with Gasteiger partial charge in [0.2, 0.25) is 17.8 Å². The van der Waals surface area contributed by atoms with Crippen LogP contribution in [0, 0.1) is 0 Å². The van der Waals surface area contributed by atoms with Crippen LogP contribution < -0.4 is 15.5 Å². The molecule has 8 heteroatoms. The first-order valence-electron chi connectivity index (χ1n) is 7.49. The lowest BCUT2D eigenvalue weighted by atomic mass is 9.92. The molecule has 1 aromatic heterocycles. The summed E-state index contributed by atoms with van der Waals surface area (Å²) in [4.78, 5) is 17.2. The lowest BCUT2D eigenvalue weighted by molar-refractivity contribution is 0.122. The van der Waals surface area contributed by atoms with Gasteiger partial charge in [0.25, 0.3) is 0 Å². The van der Waals surface area contributed by atoms with Gasteiger partial charge in [0.05, 0.1) is 19.8 Å². The molecule has 0 atom stereocenters. The third-order valence-electron chi connectivity index (χ3n) is 4.04. The van der Waals surface area contributed by atoms with Crippen molar-refractivity contribution in [2.75, 3.05) is 55.0 Å². The molecule has 1 aromatic rings. The lowest BCUT2D eigenvalue weighted by Crippen LogP contribution is -2.43. The van der Waals surface area contributed by atoms with E-state index in [0.29, 0.717) is 37.7 Å². The van der Waals surface area contributed by atoms with Crippen LogP contribution in [-0.2, 0) is 4.74 Å². The molecule has 0 spiro atoms. The highest BCUT2D eigenvalue weighted by atomic mass is 16.5. The first-order chi connectivity index (χ1) is 10.3. The van der Waals surface area contributed by atoms with Crippen molar-refractivity contribution in [2.24, 2.45) is 0 Å². The van der Waals surface area contributed by atoms with Crippen LogP contribution in [0.2, 0.25) is 0 Å². The Balaban J connectivity index is 1.84. The van der Waals surface area contributed by atoms with Gasteiger partial charge in [-0.3, -0.25) is 0 Å². The second-order valence-electron chi connectivity index (χ2n) is 5.39. The molecule has 2 fully saturated rings. The van der Waals surface area contributed by atoms with Crippen LogP contribution in [0.4, 0.5) is 17.8 Å². The first-order valence-corrected chi connectivity index (χ1v) is 7.49. The van der Waals surface area contributed by atoms with Gasteiger partial charge < -0.3 is 25.4 Å². The van der Waals surface area contributed by atoms with Gasteiger partial charge in [-0.25, -0.2) is 0 Å². The summed E-state index contributed by atoms with van der Waals surface area (Å²) < 4.78 is 5.34. The number of aliphatic hydroxyl groups excluding tert-OH is 1. The fraction of sp³-hybridized carbons (Fsp3) is 0.769. The van der Waals surface area contributed by atoms with E-state index in [0.717, 1.165) is 25.9 Å². The second kappa shape index (κ2) is 6.40. The standard InChI is InChI=1S/C13H22N6O2/c14-11-15-12(18-5-8-21-9-6-18)17-13(16-11)19(4-7-20)10-2-1-3-10/h10,20H,1-9H2,(H2,14,15,16,17). The minimum absolute atomic E-state index is 0.0783. The number of nitrogens with two attached hydrogens (primary N) is 1. The SMILES string of the molecule is Nc1nc(N2CCOCC2)nc(N(CCO)C2CCC2)n1. The van der Waals surface area contributed by atoms with Crippen molar-refractivity contribution in [3.63, 3.8) is 0 Å². The van der Waals surface area contributed by atoms with Crippen molar-refractivity contribution < 1.29 is 9.84 Å². The van der Waals surface area contributed by atoms with E-state index in [1.54, 1.807) is 0 Å². The van der Waals surface area contributed by atoms with Crippen molar-refractivity contribution >= 4 is 17.8 Å². The van der Waals surface area contributed by atoms with Crippen LogP contribution in [0.15, 0.2) is 0 Å². The fourth-order valence-corrected chi connectivity index (χ4v) is 2.65. The molecule has 2 heterocycles. The minimum atomic E-state index is 0.0783. The van der Waals surface area contributed by atoms with E-state index in [2.05, 4.69) is 19.9 Å². The summed E-state index contributed by atoms with van der Waals surface area (Å²) in [5.41, 5.74) is 5.85. The molecule has 1 aliphatic carbocycles. The number of hydrogen-bond donors (Lipinski definition) is 2. The van der Waals surface area contributed by atoms with Crippen LogP contribution in [0.3, 0.4) is 0 Å². The lowest BCUT2D eigenvalue weighted by Gasteiger charge is -2.37. The van der Waals surface area contributed by atoms with E-state index in [-0.39, 0.29) is 12.6 Å². The van der Waals surface area contributed by atoms with Crippen LogP contribution in [-0.4, -0.2) is 65.6 Å². The maximum atomic E-state index is 9.28. The van der Waals surface area contributed by atoms with Crippen molar-refractivity contribution in [3.05, 3.63) is 0 Å². The first kappa shape index (κ1) is 14.3. The number of nitrogen functional groups attached to an aromatic ring is 1. The van der Waals surface area contributed by atoms with Crippen LogP contribution in [0.1, 0.15) is 19.3 Å². The molecule has 1 saturated heterocycles. The molecule has 2 aliphatic rings. The van der Waals surface area contributed by atoms with E-state index in [1.807, 2.05) is 4.90 Å². The fourth-order valence-electron chi connectivity index (χ4n) is 2.65. The molecule has 21 heavy (non-hydrogen) atoms. The highest BCUT2D eigenvalue weighted by molar-refractivity contribution is 5.44. The van der Waals surface area contributed by atoms with E-state index in [1.165, 1.54) is 6.42 Å². The third kappa shape index (κ3) is 3.16. The molecule has 1 aliphatic heterocycles. The van der Waals surface area contributed by atoms with Gasteiger partial charge in [0.15, 0.2) is 0 Å². The Bertz CT molecular complexity index is 476. The zero-order valence-corrected chi connectivity index (χ0v) is 12.1. The zero-order valence-electron chi connectivity index (χ0n) is 12.1. The number of nitrogens with zero attached hydrogens (tertiary/aromatic N) is 5. The van der Waals surface area contributed by atoms with Crippen LogP contribution in [0.5, 0.6) is 0 Å². The number of morpholine rings is 1. The topological polar surface area (TPSA) is 101 Å². The summed E-state index contributed by atoms with van der Waals surface area (Å²) >= 11 is 0. The quantitative estimate of drug-likeness (QED) is 0.759. The van der Waals surface area contributed by atoms with E-state index in [4.69, 9.17) is 10.5 Å². The van der Waals surface area contributed by atoms with Crippen LogP contribution >= 0.6 is 0 Å². The molecule has 1 saturated carbocycles. The van der Waals surface area contributed by atoms with Crippen molar-refractivity contribution in [3.8, 4) is 0 Å². The van der Waals surface area contributed by atoms with Gasteiger partial charge in [-0.2, -0.15) is 15.0 Å². The average molecular weight is 294 g/mol. The summed E-state index contributed by atoms with van der Waals surface area (Å²) in [6.07, 6.45) is 3.43. The Hall–Kier alpha value is -1.67. The normalized spacial score (nSPS) is 19.4. The predicted molar refractivity (Wildman–Crippen MR) is 79.3 cm³/mol. The van der Waals surface area contributed by atoms with Gasteiger partial charge in [-0.1, -0.05) is 0 Å². The predicted octanol–water partition coefficient (Wildman–Crippen LogP) is -0.358. The molecule has 116 valence electrons. The van der Waals surface area contributed by atoms with Crippen molar-refractivity contribution in [1.29, 1.82) is 0 Å². The van der Waals surface area contributed by atoms with Gasteiger partial charge in [0.1, 0.15) is 0 Å². The monoisotopic (exact) mass is 294 g/mol. The summed E-state index contributed by atoms with van der Waals surface area (Å²) in [5.74, 6) is 1.40. The van der Waals surface area contributed by atoms with Gasteiger partial charge in [-0.15, -0.1) is 0 Å². The molecule has 0 aromatic carbocycles. The Labute approximate surface area is 123 Å². The number of anilines is 3. The zero-order chi connectivity index (χ0) is 14.7. The molecular weight excluding hydrogens is 272 g/mol. The molecule has 0 bridgehead atoms. The Morgan fingerprint density at radius 2 is 2.00 bits per heavy atom. The number of aliphatic hydroxyl groups is 1. The average Bonchev–Trinajstić information content (AvgIpc) is 2.45. The van der Waals surface area contributed by atoms with Gasteiger partial charge in [-0.05, 0) is 19.3 Å². The number of rotatable bonds is 5. The molecular formula is C13H22N6O2. The van der Waals surface area contributed by atoms with E-state index >= 15 is 0 Å². The highest BCUT2D eigenvalue weighted by Crippen LogP contribution is 2.28. The summed E-state index contributed by atoms with van der Waals surface area (Å²) in [5, 5.41) is 9.28. The molecule has 0 amide bonds. The molecule has 3 rings (SSSR count). The van der Waals surface area contributed by atoms with Gasteiger partial charge >= 0.3 is 0 Å². The molecule has 3 N–H and O–H groups in total. The highest BCUT2D eigenvalue weighted by Gasteiger charge is 2.28. The molecule has 0 radical (unpaired) electrons. The van der Waals surface area contributed by atoms with Gasteiger partial charge in [0, 0.05) is 25.7 Å². The molecule has 0 unspecified atom stereocenters. The minimum Gasteiger partial charge on any atom is -0.395 e. The summed E-state index contributed by atoms with van der Waals surface area (Å²) in [6.45, 7) is 3.46.